The van der Waals surface area contributed by atoms with E-state index in [9.17, 15) is 26.4 Å². The lowest BCUT2D eigenvalue weighted by molar-refractivity contribution is -0.699. The first-order valence-corrected chi connectivity index (χ1v) is 16.7. The van der Waals surface area contributed by atoms with Gasteiger partial charge >= 0.3 is 11.9 Å². The van der Waals surface area contributed by atoms with Crippen LogP contribution in [-0.4, -0.2) is 102 Å². The van der Waals surface area contributed by atoms with Crippen molar-refractivity contribution in [3.63, 3.8) is 0 Å². The lowest BCUT2D eigenvalue weighted by Gasteiger charge is -2.09. The maximum atomic E-state index is 13.1. The summed E-state index contributed by atoms with van der Waals surface area (Å²) in [5.41, 5.74) is 1.21. The Bertz CT molecular complexity index is 1350. The number of cyclic esters (lactones) is 2. The second-order valence-electron chi connectivity index (χ2n) is 9.38. The van der Waals surface area contributed by atoms with E-state index in [1.807, 2.05) is 0 Å². The number of nitrogens with zero attached hydrogens (tertiary/aromatic N) is 2. The molecular formula is C26H36N2O13S2+2. The van der Waals surface area contributed by atoms with Crippen LogP contribution in [0, 0.1) is 0 Å². The minimum Gasteiger partial charge on any atom is -0.455 e. The van der Waals surface area contributed by atoms with Gasteiger partial charge in [0.25, 0.3) is 31.6 Å². The maximum absolute atomic E-state index is 13.1. The number of hydrogen-bond acceptors (Lipinski definition) is 11. The number of hydrogen-bond donors (Lipinski definition) is 2. The van der Waals surface area contributed by atoms with Gasteiger partial charge in [-0.15, -0.1) is 0 Å². The van der Waals surface area contributed by atoms with Crippen molar-refractivity contribution in [2.45, 2.75) is 25.9 Å². The Kier molecular flexibility index (Phi) is 13.4. The summed E-state index contributed by atoms with van der Waals surface area (Å²) in [7, 11) is -8.40. The van der Waals surface area contributed by atoms with Crippen molar-refractivity contribution in [3.05, 3.63) is 48.0 Å². The number of carbonyl (C=O) groups excluding carboxylic acids is 2. The van der Waals surface area contributed by atoms with Crippen LogP contribution in [0.2, 0.25) is 0 Å². The average Bonchev–Trinajstić information content (AvgIpc) is 2.93. The smallest absolute Gasteiger partial charge is 0.403 e. The normalized spacial score (nSPS) is 16.5. The molecule has 15 nitrogen and oxygen atoms in total. The van der Waals surface area contributed by atoms with Crippen LogP contribution in [0.3, 0.4) is 0 Å². The van der Waals surface area contributed by atoms with Gasteiger partial charge in [-0.2, -0.15) is 26.0 Å². The van der Waals surface area contributed by atoms with Gasteiger partial charge in [0.05, 0.1) is 51.1 Å². The molecule has 4 bridgehead atoms. The number of aromatic nitrogens is 2. The molecular weight excluding hydrogens is 612 g/mol. The van der Waals surface area contributed by atoms with Crippen LogP contribution in [0.1, 0.15) is 33.8 Å². The fourth-order valence-corrected chi connectivity index (χ4v) is 5.06. The third-order valence-electron chi connectivity index (χ3n) is 6.09. The van der Waals surface area contributed by atoms with E-state index in [0.29, 0.717) is 11.1 Å². The number of fused-ring (bicyclic) bond motifs is 5. The Labute approximate surface area is 249 Å². The van der Waals surface area contributed by atoms with Crippen molar-refractivity contribution < 1.29 is 68.3 Å². The quantitative estimate of drug-likeness (QED) is 0.218. The van der Waals surface area contributed by atoms with Crippen LogP contribution >= 0.6 is 0 Å². The second-order valence-corrected chi connectivity index (χ2v) is 12.5. The minimum atomic E-state index is -4.20. The van der Waals surface area contributed by atoms with Crippen LogP contribution in [0.25, 0.3) is 11.1 Å². The first kappa shape index (κ1) is 34.4. The molecule has 238 valence electrons. The molecule has 1 aliphatic heterocycles. The highest BCUT2D eigenvalue weighted by Crippen LogP contribution is 2.20. The molecule has 17 heteroatoms. The topological polar surface area (TPSA) is 197 Å². The molecule has 2 aromatic heterocycles. The van der Waals surface area contributed by atoms with E-state index in [1.165, 1.54) is 21.3 Å². The van der Waals surface area contributed by atoms with E-state index in [2.05, 4.69) is 0 Å². The Morgan fingerprint density at radius 3 is 1.30 bits per heavy atom. The predicted octanol–water partition coefficient (Wildman–Crippen LogP) is -0.139. The van der Waals surface area contributed by atoms with Gasteiger partial charge in [-0.25, -0.2) is 9.59 Å². The minimum absolute atomic E-state index is 0.0286. The summed E-state index contributed by atoms with van der Waals surface area (Å²) in [6.45, 7) is 1.40. The third kappa shape index (κ3) is 12.6. The number of esters is 2. The van der Waals surface area contributed by atoms with Crippen molar-refractivity contribution >= 4 is 32.2 Å². The monoisotopic (exact) mass is 648 g/mol. The van der Waals surface area contributed by atoms with Crippen LogP contribution in [0.15, 0.2) is 36.7 Å². The Morgan fingerprint density at radius 2 is 0.953 bits per heavy atom. The van der Waals surface area contributed by atoms with Gasteiger partial charge < -0.3 is 23.7 Å². The molecule has 0 saturated carbocycles. The molecule has 2 N–H and O–H groups in total. The van der Waals surface area contributed by atoms with E-state index in [0.717, 1.165) is 0 Å². The molecule has 43 heavy (non-hydrogen) atoms. The number of rotatable bonds is 8. The van der Waals surface area contributed by atoms with Crippen LogP contribution in [-0.2, 0) is 57.0 Å². The van der Waals surface area contributed by atoms with Crippen molar-refractivity contribution in [1.29, 1.82) is 0 Å². The SMILES string of the molecule is O=C1OCCOCCOCCOCCOC(=O)c2cc(cc[n+]2CCCS(=O)(=O)O)-c2cc[n+](CCCS(=O)(=O)O)c1c2. The van der Waals surface area contributed by atoms with Crippen LogP contribution in [0.4, 0.5) is 0 Å². The van der Waals surface area contributed by atoms with Crippen molar-refractivity contribution in [2.75, 3.05) is 64.4 Å². The van der Waals surface area contributed by atoms with E-state index >= 15 is 0 Å². The summed E-state index contributed by atoms with van der Waals surface area (Å²) >= 11 is 0. The summed E-state index contributed by atoms with van der Waals surface area (Å²) < 4.78 is 92.9. The molecule has 2 aromatic rings. The van der Waals surface area contributed by atoms with Gasteiger partial charge in [0.2, 0.25) is 0 Å². The fraction of sp³-hybridized carbons (Fsp3) is 0.538. The molecule has 0 atom stereocenters. The lowest BCUT2D eigenvalue weighted by Crippen LogP contribution is -2.42. The van der Waals surface area contributed by atoms with E-state index in [4.69, 9.17) is 32.8 Å². The Hall–Kier alpha value is -3.06. The molecule has 0 radical (unpaired) electrons. The standard InChI is InChI=1S/C26H34N2O13S2/c29-25-23-19-21(3-7-27(23)5-1-17-42(31,32)33)22-4-8-28(6-2-18-43(34,35)36)24(20-22)26(30)41-16-14-39-12-10-37-9-11-38-13-15-40-25/h3-4,7-8,19-20H,1-2,5-6,9-18H2/p+2. The molecule has 0 aromatic carbocycles. The number of carbonyl (C=O) groups is 2. The van der Waals surface area contributed by atoms with Crippen LogP contribution < -0.4 is 9.13 Å². The first-order chi connectivity index (χ1) is 20.4. The summed E-state index contributed by atoms with van der Waals surface area (Å²) in [5, 5.41) is 0. The van der Waals surface area contributed by atoms with E-state index in [-0.39, 0.29) is 90.2 Å². The molecule has 1 aliphatic rings. The van der Waals surface area contributed by atoms with Crippen molar-refractivity contribution in [3.8, 4) is 11.1 Å². The van der Waals surface area contributed by atoms with E-state index < -0.39 is 43.7 Å². The van der Waals surface area contributed by atoms with Crippen molar-refractivity contribution in [1.82, 2.24) is 0 Å². The van der Waals surface area contributed by atoms with Gasteiger partial charge in [0.1, 0.15) is 26.3 Å². The van der Waals surface area contributed by atoms with Gasteiger partial charge in [0, 0.05) is 37.1 Å². The van der Waals surface area contributed by atoms with Crippen LogP contribution in [0.5, 0.6) is 0 Å². The Balaban J connectivity index is 1.95. The molecule has 0 fully saturated rings. The number of pyridine rings is 2. The van der Waals surface area contributed by atoms with Crippen molar-refractivity contribution in [2.24, 2.45) is 0 Å². The molecule has 3 rings (SSSR count). The highest BCUT2D eigenvalue weighted by Gasteiger charge is 2.26. The fourth-order valence-electron chi connectivity index (χ4n) is 4.07. The third-order valence-corrected chi connectivity index (χ3v) is 7.70. The van der Waals surface area contributed by atoms with Gasteiger partial charge in [-0.1, -0.05) is 0 Å². The number of ether oxygens (including phenoxy) is 5. The first-order valence-electron chi connectivity index (χ1n) is 13.5. The summed E-state index contributed by atoms with van der Waals surface area (Å²) in [6, 6.07) is 6.36. The van der Waals surface area contributed by atoms with Gasteiger partial charge in [-0.05, 0) is 11.1 Å². The zero-order chi connectivity index (χ0) is 31.3. The highest BCUT2D eigenvalue weighted by atomic mass is 32.2. The summed E-state index contributed by atoms with van der Waals surface area (Å²) in [6.07, 6.45) is 3.17. The average molecular weight is 649 g/mol. The number of aryl methyl sites for hydroxylation is 2. The molecule has 0 aliphatic carbocycles. The molecule has 0 spiro atoms. The molecule has 3 heterocycles. The molecule has 0 unspecified atom stereocenters. The van der Waals surface area contributed by atoms with Gasteiger partial charge in [-0.3, -0.25) is 9.11 Å². The largest absolute Gasteiger partial charge is 0.455 e. The highest BCUT2D eigenvalue weighted by molar-refractivity contribution is 7.86. The summed E-state index contributed by atoms with van der Waals surface area (Å²) in [4.78, 5) is 26.1. The Morgan fingerprint density at radius 1 is 0.605 bits per heavy atom. The summed E-state index contributed by atoms with van der Waals surface area (Å²) in [5.74, 6) is -2.41. The second kappa shape index (κ2) is 16.7. The lowest BCUT2D eigenvalue weighted by atomic mass is 10.1. The van der Waals surface area contributed by atoms with Gasteiger partial charge in [0.15, 0.2) is 12.4 Å². The zero-order valence-corrected chi connectivity index (χ0v) is 25.1. The maximum Gasteiger partial charge on any atom is 0.403 e. The molecule has 0 amide bonds. The van der Waals surface area contributed by atoms with E-state index in [1.54, 1.807) is 24.5 Å². The predicted molar refractivity (Wildman–Crippen MR) is 147 cm³/mol. The molecule has 0 saturated heterocycles. The zero-order valence-electron chi connectivity index (χ0n) is 23.5.